The van der Waals surface area contributed by atoms with Crippen molar-refractivity contribution in [3.63, 3.8) is 0 Å². The minimum Gasteiger partial charge on any atom is -0.481 e. The monoisotopic (exact) mass is 339 g/mol. The van der Waals surface area contributed by atoms with Crippen molar-refractivity contribution >= 4 is 21.9 Å². The van der Waals surface area contributed by atoms with Crippen LogP contribution >= 0.6 is 15.9 Å². The van der Waals surface area contributed by atoms with Gasteiger partial charge in [0.15, 0.2) is 5.92 Å². The Balaban J connectivity index is 2.71. The van der Waals surface area contributed by atoms with Crippen molar-refractivity contribution in [2.45, 2.75) is 12.7 Å². The summed E-state index contributed by atoms with van der Waals surface area (Å²) in [4.78, 5) is 12.0. The highest BCUT2D eigenvalue weighted by atomic mass is 79.9. The zero-order valence-electron chi connectivity index (χ0n) is 10.1. The molecule has 1 atom stereocenters. The van der Waals surface area contributed by atoms with E-state index in [4.69, 9.17) is 5.11 Å². The summed E-state index contributed by atoms with van der Waals surface area (Å²) in [6.07, 6.45) is -4.74. The number of carboxylic acids is 1. The largest absolute Gasteiger partial charge is 0.481 e. The lowest BCUT2D eigenvalue weighted by Crippen LogP contribution is -2.39. The Hall–Kier alpha value is -1.08. The maximum atomic E-state index is 12.5. The summed E-state index contributed by atoms with van der Waals surface area (Å²) in [5.41, 5.74) is 0.802. The van der Waals surface area contributed by atoms with E-state index in [1.807, 2.05) is 0 Å². The molecule has 7 heteroatoms. The molecule has 0 aliphatic carbocycles. The molecule has 0 spiro atoms. The van der Waals surface area contributed by atoms with Gasteiger partial charge in [0.2, 0.25) is 0 Å². The number of alkyl halides is 3. The molecule has 0 aliphatic rings. The lowest BCUT2D eigenvalue weighted by molar-refractivity contribution is -0.196. The summed E-state index contributed by atoms with van der Waals surface area (Å²) in [5, 5.41) is 8.62. The lowest BCUT2D eigenvalue weighted by Gasteiger charge is -2.23. The normalized spacial score (nSPS) is 13.6. The number of carboxylic acid groups (broad SMARTS) is 1. The lowest BCUT2D eigenvalue weighted by atomic mass is 10.1. The first-order valence-corrected chi connectivity index (χ1v) is 6.22. The third-order valence-corrected chi connectivity index (χ3v) is 3.36. The SMILES string of the molecule is CN(Cc1ccccc1Br)CC(C(=O)O)C(F)(F)F. The van der Waals surface area contributed by atoms with Crippen LogP contribution in [0.5, 0.6) is 0 Å². The molecule has 1 rings (SSSR count). The van der Waals surface area contributed by atoms with E-state index in [9.17, 15) is 18.0 Å². The van der Waals surface area contributed by atoms with Crippen LogP contribution in [0.2, 0.25) is 0 Å². The van der Waals surface area contributed by atoms with Crippen molar-refractivity contribution in [3.05, 3.63) is 34.3 Å². The Kier molecular flexibility index (Phi) is 5.37. The van der Waals surface area contributed by atoms with Crippen LogP contribution in [0.3, 0.4) is 0 Å². The Morgan fingerprint density at radius 1 is 1.42 bits per heavy atom. The molecular weight excluding hydrogens is 327 g/mol. The van der Waals surface area contributed by atoms with E-state index < -0.39 is 24.6 Å². The van der Waals surface area contributed by atoms with Crippen LogP contribution in [-0.2, 0) is 11.3 Å². The Morgan fingerprint density at radius 2 is 2.00 bits per heavy atom. The second-order valence-electron chi connectivity index (χ2n) is 4.22. The summed E-state index contributed by atoms with van der Waals surface area (Å²) in [5.74, 6) is -4.23. The second-order valence-corrected chi connectivity index (χ2v) is 5.07. The van der Waals surface area contributed by atoms with E-state index in [0.29, 0.717) is 0 Å². The van der Waals surface area contributed by atoms with Crippen LogP contribution in [0.25, 0.3) is 0 Å². The molecule has 0 aromatic heterocycles. The van der Waals surface area contributed by atoms with Crippen molar-refractivity contribution in [3.8, 4) is 0 Å². The average molecular weight is 340 g/mol. The highest BCUT2D eigenvalue weighted by molar-refractivity contribution is 9.10. The number of aliphatic carboxylic acids is 1. The third kappa shape index (κ3) is 4.83. The molecule has 1 aromatic rings. The molecule has 0 saturated carbocycles. The van der Waals surface area contributed by atoms with Gasteiger partial charge in [-0.15, -0.1) is 0 Å². The fourth-order valence-corrected chi connectivity index (χ4v) is 2.03. The molecule has 1 N–H and O–H groups in total. The van der Waals surface area contributed by atoms with E-state index in [0.717, 1.165) is 10.0 Å². The highest BCUT2D eigenvalue weighted by Crippen LogP contribution is 2.27. The number of hydrogen-bond acceptors (Lipinski definition) is 2. The molecule has 0 bridgehead atoms. The molecule has 1 unspecified atom stereocenters. The quantitative estimate of drug-likeness (QED) is 0.895. The van der Waals surface area contributed by atoms with Gasteiger partial charge in [0, 0.05) is 17.6 Å². The number of rotatable bonds is 5. The maximum absolute atomic E-state index is 12.5. The van der Waals surface area contributed by atoms with Gasteiger partial charge in [0.1, 0.15) is 0 Å². The maximum Gasteiger partial charge on any atom is 0.403 e. The molecule has 0 amide bonds. The van der Waals surface area contributed by atoms with Crippen LogP contribution in [0, 0.1) is 5.92 Å². The van der Waals surface area contributed by atoms with Gasteiger partial charge in [-0.25, -0.2) is 0 Å². The van der Waals surface area contributed by atoms with Gasteiger partial charge in [-0.2, -0.15) is 13.2 Å². The zero-order chi connectivity index (χ0) is 14.6. The first-order chi connectivity index (χ1) is 8.71. The fourth-order valence-electron chi connectivity index (χ4n) is 1.62. The molecular formula is C12H13BrF3NO2. The van der Waals surface area contributed by atoms with Gasteiger partial charge in [0.25, 0.3) is 0 Å². The molecule has 0 radical (unpaired) electrons. The van der Waals surface area contributed by atoms with Crippen LogP contribution in [-0.4, -0.2) is 35.7 Å². The van der Waals surface area contributed by atoms with Gasteiger partial charge in [0.05, 0.1) is 0 Å². The molecule has 3 nitrogen and oxygen atoms in total. The summed E-state index contributed by atoms with van der Waals surface area (Å²) in [7, 11) is 1.46. The summed E-state index contributed by atoms with van der Waals surface area (Å²) in [6.45, 7) is -0.346. The first kappa shape index (κ1) is 16.0. The minimum atomic E-state index is -4.74. The topological polar surface area (TPSA) is 40.5 Å². The van der Waals surface area contributed by atoms with Crippen molar-refractivity contribution in [1.29, 1.82) is 0 Å². The molecule has 1 aromatic carbocycles. The minimum absolute atomic E-state index is 0.237. The van der Waals surface area contributed by atoms with Gasteiger partial charge in [-0.1, -0.05) is 34.1 Å². The van der Waals surface area contributed by atoms with Crippen LogP contribution in [0.4, 0.5) is 13.2 Å². The Labute approximate surface area is 117 Å². The third-order valence-electron chi connectivity index (χ3n) is 2.59. The Bertz CT molecular complexity index is 451. The van der Waals surface area contributed by atoms with Crippen molar-refractivity contribution in [2.75, 3.05) is 13.6 Å². The van der Waals surface area contributed by atoms with Gasteiger partial charge in [-0.3, -0.25) is 4.79 Å². The number of nitrogens with zero attached hydrogens (tertiary/aromatic N) is 1. The number of halogens is 4. The smallest absolute Gasteiger partial charge is 0.403 e. The van der Waals surface area contributed by atoms with Crippen molar-refractivity contribution in [1.82, 2.24) is 4.90 Å². The van der Waals surface area contributed by atoms with E-state index in [-0.39, 0.29) is 6.54 Å². The standard InChI is InChI=1S/C12H13BrF3NO2/c1-17(6-8-4-2-3-5-10(8)13)7-9(11(18)19)12(14,15)16/h2-5,9H,6-7H2,1H3,(H,18,19). The van der Waals surface area contributed by atoms with E-state index in [2.05, 4.69) is 15.9 Å². The predicted octanol–water partition coefficient (Wildman–Crippen LogP) is 3.14. The van der Waals surface area contributed by atoms with Crippen molar-refractivity contribution < 1.29 is 23.1 Å². The van der Waals surface area contributed by atoms with E-state index in [1.54, 1.807) is 24.3 Å². The van der Waals surface area contributed by atoms with E-state index in [1.165, 1.54) is 11.9 Å². The van der Waals surface area contributed by atoms with E-state index >= 15 is 0 Å². The van der Waals surface area contributed by atoms with Gasteiger partial charge >= 0.3 is 12.1 Å². The molecule has 106 valence electrons. The Morgan fingerprint density at radius 3 is 2.47 bits per heavy atom. The molecule has 19 heavy (non-hydrogen) atoms. The van der Waals surface area contributed by atoms with Gasteiger partial charge < -0.3 is 10.0 Å². The van der Waals surface area contributed by atoms with Crippen LogP contribution < -0.4 is 0 Å². The highest BCUT2D eigenvalue weighted by Gasteiger charge is 2.45. The first-order valence-electron chi connectivity index (χ1n) is 5.43. The van der Waals surface area contributed by atoms with Gasteiger partial charge in [-0.05, 0) is 18.7 Å². The summed E-state index contributed by atoms with van der Waals surface area (Å²) in [6, 6.07) is 7.11. The van der Waals surface area contributed by atoms with Crippen LogP contribution in [0.15, 0.2) is 28.7 Å². The molecule has 0 fully saturated rings. The predicted molar refractivity (Wildman–Crippen MR) is 67.7 cm³/mol. The zero-order valence-corrected chi connectivity index (χ0v) is 11.7. The number of benzene rings is 1. The molecule has 0 heterocycles. The number of hydrogen-bond donors (Lipinski definition) is 1. The molecule has 0 aliphatic heterocycles. The number of carbonyl (C=O) groups is 1. The summed E-state index contributed by atoms with van der Waals surface area (Å²) < 4.78 is 38.4. The second kappa shape index (κ2) is 6.38. The summed E-state index contributed by atoms with van der Waals surface area (Å²) >= 11 is 3.29. The van der Waals surface area contributed by atoms with Crippen molar-refractivity contribution in [2.24, 2.45) is 5.92 Å². The molecule has 0 saturated heterocycles. The van der Waals surface area contributed by atoms with Crippen LogP contribution in [0.1, 0.15) is 5.56 Å². The average Bonchev–Trinajstić information content (AvgIpc) is 2.27. The fraction of sp³-hybridized carbons (Fsp3) is 0.417.